The number of benzene rings is 2. The molecule has 3 heterocycles. The molecule has 0 aliphatic carbocycles. The Hall–Kier alpha value is -4.31. The topological polar surface area (TPSA) is 122 Å². The van der Waals surface area contributed by atoms with E-state index in [1.165, 1.54) is 21.9 Å². The highest BCUT2D eigenvalue weighted by Crippen LogP contribution is 2.25. The molecule has 2 aromatic heterocycles. The number of nitrogens with one attached hydrogen (secondary N) is 3. The molecule has 1 aliphatic rings. The van der Waals surface area contributed by atoms with E-state index in [0.29, 0.717) is 16.2 Å². The Morgan fingerprint density at radius 2 is 1.82 bits per heavy atom. The van der Waals surface area contributed by atoms with Gasteiger partial charge in [-0.25, -0.2) is 9.78 Å². The number of carbonyl (C=O) groups excluding carboxylic acids is 3. The van der Waals surface area contributed by atoms with Crippen LogP contribution in [0.5, 0.6) is 0 Å². The van der Waals surface area contributed by atoms with Crippen molar-refractivity contribution in [2.45, 2.75) is 19.0 Å². The van der Waals surface area contributed by atoms with Crippen LogP contribution in [-0.4, -0.2) is 27.2 Å². The van der Waals surface area contributed by atoms with Gasteiger partial charge in [-0.05, 0) is 23.6 Å². The number of urea groups is 1. The number of carbonyl (C=O) groups is 3. The number of thiazole rings is 1. The van der Waals surface area contributed by atoms with Crippen LogP contribution in [0.15, 0.2) is 71.0 Å². The first kappa shape index (κ1) is 21.5. The zero-order valence-electron chi connectivity index (χ0n) is 18.0. The van der Waals surface area contributed by atoms with Gasteiger partial charge in [0.2, 0.25) is 0 Å². The third kappa shape index (κ3) is 3.63. The summed E-state index contributed by atoms with van der Waals surface area (Å²) in [5.74, 6) is -0.958. The van der Waals surface area contributed by atoms with Crippen molar-refractivity contribution in [2.24, 2.45) is 0 Å². The summed E-state index contributed by atoms with van der Waals surface area (Å²) in [6.45, 7) is 1.79. The van der Waals surface area contributed by atoms with Gasteiger partial charge in [0, 0.05) is 18.1 Å². The quantitative estimate of drug-likeness (QED) is 0.384. The molecule has 2 aromatic carbocycles. The molecule has 0 saturated carbocycles. The lowest BCUT2D eigenvalue weighted by atomic mass is 9.91. The van der Waals surface area contributed by atoms with Gasteiger partial charge in [-0.2, -0.15) is 0 Å². The first-order valence-electron chi connectivity index (χ1n) is 10.4. The molecule has 0 radical (unpaired) electrons. The maximum absolute atomic E-state index is 13.1. The van der Waals surface area contributed by atoms with E-state index in [-0.39, 0.29) is 12.1 Å². The number of aromatic nitrogens is 2. The summed E-state index contributed by atoms with van der Waals surface area (Å²) >= 11 is 1.33. The minimum Gasteiger partial charge on any atom is -0.348 e. The molecule has 1 atom stereocenters. The number of hydrogen-bond donors (Lipinski definition) is 3. The van der Waals surface area contributed by atoms with Crippen LogP contribution in [0, 0.1) is 0 Å². The predicted molar refractivity (Wildman–Crippen MR) is 126 cm³/mol. The van der Waals surface area contributed by atoms with Crippen LogP contribution in [0.1, 0.15) is 28.4 Å². The Bertz CT molecular complexity index is 1490. The second-order valence-corrected chi connectivity index (χ2v) is 8.83. The number of imide groups is 1. The first-order valence-corrected chi connectivity index (χ1v) is 11.3. The Morgan fingerprint density at radius 3 is 2.50 bits per heavy atom. The summed E-state index contributed by atoms with van der Waals surface area (Å²) in [5.41, 5.74) is 1.28. The van der Waals surface area contributed by atoms with E-state index < -0.39 is 28.9 Å². The van der Waals surface area contributed by atoms with E-state index >= 15 is 0 Å². The van der Waals surface area contributed by atoms with Crippen LogP contribution in [0.4, 0.5) is 4.79 Å². The van der Waals surface area contributed by atoms with E-state index in [1.807, 2.05) is 35.7 Å². The monoisotopic (exact) mass is 473 g/mol. The van der Waals surface area contributed by atoms with Crippen molar-refractivity contribution in [2.75, 3.05) is 0 Å². The average Bonchev–Trinajstić information content (AvgIpc) is 3.39. The first-order chi connectivity index (χ1) is 16.4. The van der Waals surface area contributed by atoms with Gasteiger partial charge < -0.3 is 10.6 Å². The molecule has 4 amide bonds. The molecule has 9 nitrogen and oxygen atoms in total. The standard InChI is InChI=1S/C24H19N5O4S/c1-24(21(32)27-22(33)28-24)16-9-7-14(8-10-16)11-25-19(30)17-12-26-23-29(20(17)31)18(13-34-23)15-5-3-2-4-6-15/h2-10,12-13H,11H2,1H3,(H,25,30)(H2,27,28,32,33). The van der Waals surface area contributed by atoms with Crippen molar-refractivity contribution in [1.29, 1.82) is 0 Å². The molecule has 1 unspecified atom stereocenters. The number of hydrogen-bond acceptors (Lipinski definition) is 6. The maximum Gasteiger partial charge on any atom is 0.322 e. The summed E-state index contributed by atoms with van der Waals surface area (Å²) < 4.78 is 1.45. The molecule has 1 saturated heterocycles. The Balaban J connectivity index is 1.35. The number of fused-ring (bicyclic) bond motifs is 1. The molecule has 0 bridgehead atoms. The van der Waals surface area contributed by atoms with E-state index in [1.54, 1.807) is 31.2 Å². The largest absolute Gasteiger partial charge is 0.348 e. The summed E-state index contributed by atoms with van der Waals surface area (Å²) in [6.07, 6.45) is 1.30. The molecule has 1 fully saturated rings. The molecule has 5 rings (SSSR count). The molecular formula is C24H19N5O4S. The van der Waals surface area contributed by atoms with E-state index in [9.17, 15) is 19.2 Å². The van der Waals surface area contributed by atoms with E-state index in [2.05, 4.69) is 20.9 Å². The molecule has 170 valence electrons. The summed E-state index contributed by atoms with van der Waals surface area (Å²) in [7, 11) is 0. The van der Waals surface area contributed by atoms with Gasteiger partial charge in [0.05, 0.1) is 5.69 Å². The van der Waals surface area contributed by atoms with Crippen molar-refractivity contribution in [3.05, 3.63) is 93.2 Å². The molecule has 0 spiro atoms. The Labute approximate surface area is 197 Å². The highest BCUT2D eigenvalue weighted by molar-refractivity contribution is 7.15. The number of nitrogens with zero attached hydrogens (tertiary/aromatic N) is 2. The highest BCUT2D eigenvalue weighted by atomic mass is 32.1. The zero-order chi connectivity index (χ0) is 23.9. The zero-order valence-corrected chi connectivity index (χ0v) is 18.8. The van der Waals surface area contributed by atoms with Gasteiger partial charge in [-0.1, -0.05) is 54.6 Å². The smallest absolute Gasteiger partial charge is 0.322 e. The van der Waals surface area contributed by atoms with Crippen molar-refractivity contribution in [3.8, 4) is 11.3 Å². The van der Waals surface area contributed by atoms with Crippen LogP contribution < -0.4 is 21.5 Å². The number of amides is 4. The van der Waals surface area contributed by atoms with Gasteiger partial charge in [0.15, 0.2) is 4.96 Å². The fraction of sp³-hybridized carbons (Fsp3) is 0.125. The third-order valence-electron chi connectivity index (χ3n) is 5.79. The summed E-state index contributed by atoms with van der Waals surface area (Å²) in [5, 5.41) is 9.43. The molecule has 1 aliphatic heterocycles. The molecule has 4 aromatic rings. The second kappa shape index (κ2) is 8.23. The van der Waals surface area contributed by atoms with Crippen LogP contribution >= 0.6 is 11.3 Å². The van der Waals surface area contributed by atoms with Crippen molar-refractivity contribution < 1.29 is 14.4 Å². The molecule has 3 N–H and O–H groups in total. The number of rotatable bonds is 5. The van der Waals surface area contributed by atoms with Crippen molar-refractivity contribution in [3.63, 3.8) is 0 Å². The summed E-state index contributed by atoms with van der Waals surface area (Å²) in [4.78, 5) is 54.3. The van der Waals surface area contributed by atoms with Gasteiger partial charge in [-0.3, -0.25) is 24.1 Å². The van der Waals surface area contributed by atoms with Crippen molar-refractivity contribution in [1.82, 2.24) is 25.3 Å². The van der Waals surface area contributed by atoms with Gasteiger partial charge in [0.1, 0.15) is 11.1 Å². The maximum atomic E-state index is 13.1. The normalized spacial score (nSPS) is 17.4. The minimum absolute atomic E-state index is 0.0532. The van der Waals surface area contributed by atoms with Crippen LogP contribution in [0.3, 0.4) is 0 Å². The molecular weight excluding hydrogens is 454 g/mol. The minimum atomic E-state index is -1.15. The van der Waals surface area contributed by atoms with Crippen LogP contribution in [-0.2, 0) is 16.9 Å². The second-order valence-electron chi connectivity index (χ2n) is 7.99. The Morgan fingerprint density at radius 1 is 1.09 bits per heavy atom. The van der Waals surface area contributed by atoms with Crippen LogP contribution in [0.25, 0.3) is 16.2 Å². The fourth-order valence-electron chi connectivity index (χ4n) is 3.84. The molecule has 34 heavy (non-hydrogen) atoms. The van der Waals surface area contributed by atoms with Crippen LogP contribution in [0.2, 0.25) is 0 Å². The Kier molecular flexibility index (Phi) is 5.21. The van der Waals surface area contributed by atoms with Gasteiger partial charge >= 0.3 is 6.03 Å². The SMILES string of the molecule is CC1(c2ccc(CNC(=O)c3cnc4scc(-c5ccccc5)n4c3=O)cc2)NC(=O)NC1=O. The predicted octanol–water partition coefficient (Wildman–Crippen LogP) is 2.41. The van der Waals surface area contributed by atoms with Gasteiger partial charge in [-0.15, -0.1) is 11.3 Å². The van der Waals surface area contributed by atoms with Crippen molar-refractivity contribution >= 4 is 34.1 Å². The molecule has 10 heteroatoms. The average molecular weight is 474 g/mol. The van der Waals surface area contributed by atoms with E-state index in [4.69, 9.17) is 0 Å². The lowest BCUT2D eigenvalue weighted by molar-refractivity contribution is -0.123. The third-order valence-corrected chi connectivity index (χ3v) is 6.63. The highest BCUT2D eigenvalue weighted by Gasteiger charge is 2.43. The summed E-state index contributed by atoms with van der Waals surface area (Å²) in [6, 6.07) is 15.8. The lowest BCUT2D eigenvalue weighted by Crippen LogP contribution is -2.40. The fourth-order valence-corrected chi connectivity index (χ4v) is 4.70. The van der Waals surface area contributed by atoms with E-state index in [0.717, 1.165) is 11.1 Å². The lowest BCUT2D eigenvalue weighted by Gasteiger charge is -2.21. The van der Waals surface area contributed by atoms with Gasteiger partial charge in [0.25, 0.3) is 17.4 Å².